The lowest BCUT2D eigenvalue weighted by molar-refractivity contribution is -0.131. The molecule has 1 aromatic carbocycles. The third-order valence-electron chi connectivity index (χ3n) is 2.87. The molecule has 0 radical (unpaired) electrons. The Morgan fingerprint density at radius 1 is 1.47 bits per heavy atom. The van der Waals surface area contributed by atoms with Crippen molar-refractivity contribution in [1.82, 2.24) is 0 Å². The monoisotopic (exact) mass is 325 g/mol. The summed E-state index contributed by atoms with van der Waals surface area (Å²) in [6.45, 7) is 5.43. The molecule has 1 N–H and O–H groups in total. The Morgan fingerprint density at radius 2 is 2.16 bits per heavy atom. The van der Waals surface area contributed by atoms with Crippen LogP contribution in [0.1, 0.15) is 25.8 Å². The Labute approximate surface area is 123 Å². The van der Waals surface area contributed by atoms with Crippen LogP contribution in [-0.2, 0) is 4.79 Å². The Kier molecular flexibility index (Phi) is 6.09. The molecule has 0 saturated carbocycles. The zero-order valence-corrected chi connectivity index (χ0v) is 13.1. The maximum absolute atomic E-state index is 10.5. The molecule has 4 heteroatoms. The van der Waals surface area contributed by atoms with Crippen LogP contribution in [0.15, 0.2) is 28.7 Å². The van der Waals surface area contributed by atoms with Gasteiger partial charge in [0.2, 0.25) is 0 Å². The molecule has 0 bridgehead atoms. The molecule has 1 rings (SSSR count). The van der Waals surface area contributed by atoms with Gasteiger partial charge >= 0.3 is 5.97 Å². The molecule has 104 valence electrons. The fourth-order valence-corrected chi connectivity index (χ4v) is 2.13. The van der Waals surface area contributed by atoms with Crippen LogP contribution >= 0.6 is 15.9 Å². The maximum Gasteiger partial charge on any atom is 0.328 e. The molecule has 0 aliphatic rings. The zero-order valence-electron chi connectivity index (χ0n) is 11.6. The quantitative estimate of drug-likeness (QED) is 0.803. The molecule has 0 heterocycles. The van der Waals surface area contributed by atoms with E-state index in [1.807, 2.05) is 18.2 Å². The van der Waals surface area contributed by atoms with E-state index in [2.05, 4.69) is 41.7 Å². The summed E-state index contributed by atoms with van der Waals surface area (Å²) in [5, 5.41) is 8.62. The fourth-order valence-electron chi connectivity index (χ4n) is 1.63. The first-order chi connectivity index (χ1) is 8.90. The predicted molar refractivity (Wildman–Crippen MR) is 83.5 cm³/mol. The van der Waals surface area contributed by atoms with Crippen LogP contribution in [0.2, 0.25) is 0 Å². The molecular formula is C15H20BrNO2. The third-order valence-corrected chi connectivity index (χ3v) is 3.56. The summed E-state index contributed by atoms with van der Waals surface area (Å²) in [4.78, 5) is 12.7. The summed E-state index contributed by atoms with van der Waals surface area (Å²) in [5.41, 5.74) is 1.99. The molecule has 0 saturated heterocycles. The lowest BCUT2D eigenvalue weighted by atomic mass is 10.1. The van der Waals surface area contributed by atoms with Gasteiger partial charge in [0.05, 0.1) is 0 Å². The number of carboxylic acid groups (broad SMARTS) is 1. The van der Waals surface area contributed by atoms with E-state index < -0.39 is 5.97 Å². The van der Waals surface area contributed by atoms with Crippen LogP contribution in [0.5, 0.6) is 0 Å². The number of rotatable bonds is 6. The normalized spacial score (nSPS) is 11.2. The second-order valence-electron chi connectivity index (χ2n) is 4.98. The number of benzene rings is 1. The Morgan fingerprint density at radius 3 is 2.68 bits per heavy atom. The summed E-state index contributed by atoms with van der Waals surface area (Å²) in [6.07, 6.45) is 3.88. The first-order valence-corrected chi connectivity index (χ1v) is 7.11. The van der Waals surface area contributed by atoms with Gasteiger partial charge in [-0.05, 0) is 36.1 Å². The largest absolute Gasteiger partial charge is 0.478 e. The minimum absolute atomic E-state index is 0.684. The van der Waals surface area contributed by atoms with Crippen molar-refractivity contribution in [3.63, 3.8) is 0 Å². The average Bonchev–Trinajstić information content (AvgIpc) is 2.34. The van der Waals surface area contributed by atoms with Gasteiger partial charge in [-0.25, -0.2) is 4.79 Å². The summed E-state index contributed by atoms with van der Waals surface area (Å²) in [7, 11) is 2.07. The Bertz CT molecular complexity index is 469. The van der Waals surface area contributed by atoms with Crippen LogP contribution in [0.25, 0.3) is 6.08 Å². The fraction of sp³-hybridized carbons (Fsp3) is 0.400. The molecule has 0 aromatic heterocycles. The molecule has 0 aliphatic heterocycles. The van der Waals surface area contributed by atoms with Crippen molar-refractivity contribution in [1.29, 1.82) is 0 Å². The van der Waals surface area contributed by atoms with Crippen LogP contribution in [0, 0.1) is 5.92 Å². The van der Waals surface area contributed by atoms with Gasteiger partial charge in [0.25, 0.3) is 0 Å². The number of halogens is 1. The topological polar surface area (TPSA) is 40.5 Å². The van der Waals surface area contributed by atoms with E-state index in [0.717, 1.165) is 34.8 Å². The molecule has 0 atom stereocenters. The molecule has 0 fully saturated rings. The van der Waals surface area contributed by atoms with Crippen molar-refractivity contribution in [3.8, 4) is 0 Å². The van der Waals surface area contributed by atoms with Crippen molar-refractivity contribution < 1.29 is 9.90 Å². The average molecular weight is 326 g/mol. The second kappa shape index (κ2) is 7.34. The van der Waals surface area contributed by atoms with Crippen molar-refractivity contribution in [2.45, 2.75) is 20.3 Å². The van der Waals surface area contributed by atoms with E-state index in [-0.39, 0.29) is 0 Å². The van der Waals surface area contributed by atoms with E-state index in [4.69, 9.17) is 5.11 Å². The molecule has 19 heavy (non-hydrogen) atoms. The summed E-state index contributed by atoms with van der Waals surface area (Å²) in [5.74, 6) is -0.256. The van der Waals surface area contributed by atoms with Gasteiger partial charge in [-0.1, -0.05) is 35.8 Å². The number of aliphatic carboxylic acids is 1. The Hall–Kier alpha value is -1.29. The number of carboxylic acids is 1. The molecular weight excluding hydrogens is 306 g/mol. The summed E-state index contributed by atoms with van der Waals surface area (Å²) in [6, 6.07) is 5.94. The molecule has 3 nitrogen and oxygen atoms in total. The zero-order chi connectivity index (χ0) is 14.4. The summed E-state index contributed by atoms with van der Waals surface area (Å²) < 4.78 is 0.902. The lowest BCUT2D eigenvalue weighted by Gasteiger charge is -2.21. The van der Waals surface area contributed by atoms with Gasteiger partial charge in [-0.3, -0.25) is 0 Å². The van der Waals surface area contributed by atoms with Gasteiger partial charge in [0, 0.05) is 29.8 Å². The highest BCUT2D eigenvalue weighted by atomic mass is 79.9. The minimum atomic E-state index is -0.940. The molecule has 0 aliphatic carbocycles. The smallest absolute Gasteiger partial charge is 0.328 e. The highest BCUT2D eigenvalue weighted by Crippen LogP contribution is 2.25. The second-order valence-corrected chi connectivity index (χ2v) is 5.84. The van der Waals surface area contributed by atoms with Crippen molar-refractivity contribution in [2.24, 2.45) is 5.92 Å². The SMILES string of the molecule is CC(C)CCN(C)c1ccc(/C=C/C(=O)O)c(Br)c1. The highest BCUT2D eigenvalue weighted by molar-refractivity contribution is 9.10. The van der Waals surface area contributed by atoms with Gasteiger partial charge in [-0.15, -0.1) is 0 Å². The van der Waals surface area contributed by atoms with Crippen LogP contribution in [0.3, 0.4) is 0 Å². The van der Waals surface area contributed by atoms with Crippen LogP contribution < -0.4 is 4.90 Å². The third kappa shape index (κ3) is 5.47. The highest BCUT2D eigenvalue weighted by Gasteiger charge is 2.05. The molecule has 0 amide bonds. The lowest BCUT2D eigenvalue weighted by Crippen LogP contribution is -2.19. The number of nitrogens with zero attached hydrogens (tertiary/aromatic N) is 1. The molecule has 1 aromatic rings. The van der Waals surface area contributed by atoms with Crippen molar-refractivity contribution in [3.05, 3.63) is 34.3 Å². The maximum atomic E-state index is 10.5. The first-order valence-electron chi connectivity index (χ1n) is 6.32. The molecule has 0 spiro atoms. The Balaban J connectivity index is 2.78. The predicted octanol–water partition coefficient (Wildman–Crippen LogP) is 4.03. The van der Waals surface area contributed by atoms with Gasteiger partial charge in [0.15, 0.2) is 0 Å². The van der Waals surface area contributed by atoms with E-state index >= 15 is 0 Å². The van der Waals surface area contributed by atoms with Crippen molar-refractivity contribution >= 4 is 33.7 Å². The van der Waals surface area contributed by atoms with E-state index in [0.29, 0.717) is 5.92 Å². The number of carbonyl (C=O) groups is 1. The van der Waals surface area contributed by atoms with E-state index in [9.17, 15) is 4.79 Å². The standard InChI is InChI=1S/C15H20BrNO2/c1-11(2)8-9-17(3)13-6-4-12(14(16)10-13)5-7-15(18)19/h4-7,10-11H,8-9H2,1-3H3,(H,18,19)/b7-5+. The number of hydrogen-bond acceptors (Lipinski definition) is 2. The van der Waals surface area contributed by atoms with E-state index in [1.54, 1.807) is 6.08 Å². The van der Waals surface area contributed by atoms with Gasteiger partial charge in [0.1, 0.15) is 0 Å². The van der Waals surface area contributed by atoms with Crippen LogP contribution in [-0.4, -0.2) is 24.7 Å². The first kappa shape index (κ1) is 15.8. The van der Waals surface area contributed by atoms with Gasteiger partial charge in [-0.2, -0.15) is 0 Å². The van der Waals surface area contributed by atoms with Gasteiger partial charge < -0.3 is 10.0 Å². The number of anilines is 1. The summed E-state index contributed by atoms with van der Waals surface area (Å²) >= 11 is 3.47. The minimum Gasteiger partial charge on any atom is -0.478 e. The van der Waals surface area contributed by atoms with E-state index in [1.165, 1.54) is 0 Å². The number of hydrogen-bond donors (Lipinski definition) is 1. The van der Waals surface area contributed by atoms with Crippen LogP contribution in [0.4, 0.5) is 5.69 Å². The molecule has 0 unspecified atom stereocenters. The van der Waals surface area contributed by atoms with Crippen molar-refractivity contribution in [2.75, 3.05) is 18.5 Å².